The molecule has 0 radical (unpaired) electrons. The van der Waals surface area contributed by atoms with Gasteiger partial charge in [-0.3, -0.25) is 14.0 Å². The Morgan fingerprint density at radius 1 is 1.17 bits per heavy atom. The summed E-state index contributed by atoms with van der Waals surface area (Å²) in [5.74, 6) is 1.59. The Hall–Kier alpha value is -2.37. The molecule has 2 aromatic heterocycles. The molecule has 1 amide bonds. The van der Waals surface area contributed by atoms with Gasteiger partial charge in [0, 0.05) is 18.7 Å². The van der Waals surface area contributed by atoms with Gasteiger partial charge in [-0.05, 0) is 85.7 Å². The van der Waals surface area contributed by atoms with E-state index in [1.165, 1.54) is 38.5 Å². The summed E-state index contributed by atoms with van der Waals surface area (Å²) in [6.45, 7) is 0.787. The van der Waals surface area contributed by atoms with Gasteiger partial charge in [-0.15, -0.1) is 0 Å². The molecule has 6 nitrogen and oxygen atoms in total. The number of aromatic nitrogens is 2. The number of aliphatic carboxylic acids is 1. The van der Waals surface area contributed by atoms with E-state index in [0.29, 0.717) is 28.6 Å². The standard InChI is InChI=1S/C24H27N3O3/c28-21(25-12-23-7-13-4-14-5-15(9-23)24(14,8-13)11-23)19-2-1-3-20-26-18(10-27(19)20)16-6-17(16)22(29)30/h1-3,10,13-17H,4-9,11-12H2,(H,25,28)(H,29,30). The summed E-state index contributed by atoms with van der Waals surface area (Å²) in [4.78, 5) is 29.0. The molecule has 2 aromatic rings. The number of rotatable bonds is 5. The minimum Gasteiger partial charge on any atom is -0.481 e. The van der Waals surface area contributed by atoms with Gasteiger partial charge in [0.1, 0.15) is 11.3 Å². The van der Waals surface area contributed by atoms with Crippen LogP contribution in [-0.2, 0) is 4.79 Å². The highest BCUT2D eigenvalue weighted by atomic mass is 16.4. The lowest BCUT2D eigenvalue weighted by molar-refractivity contribution is -0.138. The first-order chi connectivity index (χ1) is 14.5. The topological polar surface area (TPSA) is 83.7 Å². The first-order valence-electron chi connectivity index (χ1n) is 11.5. The predicted octanol–water partition coefficient (Wildman–Crippen LogP) is 3.47. The molecular weight excluding hydrogens is 378 g/mol. The van der Waals surface area contributed by atoms with Crippen molar-refractivity contribution in [3.63, 3.8) is 0 Å². The second kappa shape index (κ2) is 5.45. The molecule has 5 saturated carbocycles. The van der Waals surface area contributed by atoms with Crippen molar-refractivity contribution in [1.29, 1.82) is 0 Å². The molecule has 5 aliphatic rings. The third kappa shape index (κ3) is 2.17. The normalized spacial score (nSPS) is 42.2. The average Bonchev–Trinajstić information content (AvgIpc) is 3.31. The number of fused-ring (bicyclic) bond motifs is 3. The lowest BCUT2D eigenvalue weighted by Gasteiger charge is -2.49. The van der Waals surface area contributed by atoms with Crippen LogP contribution in [0.3, 0.4) is 0 Å². The number of hydrogen-bond acceptors (Lipinski definition) is 3. The smallest absolute Gasteiger partial charge is 0.307 e. The van der Waals surface area contributed by atoms with Gasteiger partial charge in [0.15, 0.2) is 0 Å². The second-order valence-electron chi connectivity index (χ2n) is 11.0. The molecule has 156 valence electrons. The van der Waals surface area contributed by atoms with Crippen LogP contribution >= 0.6 is 0 Å². The van der Waals surface area contributed by atoms with Gasteiger partial charge in [0.2, 0.25) is 0 Å². The van der Waals surface area contributed by atoms with Gasteiger partial charge < -0.3 is 10.4 Å². The van der Waals surface area contributed by atoms with E-state index < -0.39 is 5.97 Å². The number of carbonyl (C=O) groups is 2. The Kier molecular flexibility index (Phi) is 3.15. The second-order valence-corrected chi connectivity index (χ2v) is 11.0. The zero-order chi connectivity index (χ0) is 20.3. The number of carboxylic acids is 1. The molecule has 6 heteroatoms. The number of imidazole rings is 1. The zero-order valence-electron chi connectivity index (χ0n) is 17.0. The fourth-order valence-electron chi connectivity index (χ4n) is 8.29. The lowest BCUT2D eigenvalue weighted by Crippen LogP contribution is -2.43. The van der Waals surface area contributed by atoms with Crippen LogP contribution in [0.1, 0.15) is 67.0 Å². The number of nitrogens with zero attached hydrogens (tertiary/aromatic N) is 2. The van der Waals surface area contributed by atoms with Crippen molar-refractivity contribution in [2.75, 3.05) is 6.54 Å². The monoisotopic (exact) mass is 405 g/mol. The highest BCUT2D eigenvalue weighted by Crippen LogP contribution is 2.78. The molecule has 5 aliphatic carbocycles. The molecule has 7 unspecified atom stereocenters. The van der Waals surface area contributed by atoms with Crippen LogP contribution in [0.2, 0.25) is 0 Å². The van der Waals surface area contributed by atoms with Crippen LogP contribution < -0.4 is 5.32 Å². The Bertz CT molecular complexity index is 1100. The fraction of sp³-hybridized carbons (Fsp3) is 0.625. The maximum Gasteiger partial charge on any atom is 0.307 e. The molecule has 7 rings (SSSR count). The summed E-state index contributed by atoms with van der Waals surface area (Å²) >= 11 is 0. The maximum atomic E-state index is 13.2. The molecular formula is C24H27N3O3. The average molecular weight is 405 g/mol. The summed E-state index contributed by atoms with van der Waals surface area (Å²) in [5.41, 5.74) is 3.03. The molecule has 0 aromatic carbocycles. The van der Waals surface area contributed by atoms with Crippen molar-refractivity contribution in [1.82, 2.24) is 14.7 Å². The number of pyridine rings is 1. The van der Waals surface area contributed by atoms with E-state index in [1.54, 1.807) is 0 Å². The zero-order valence-corrected chi connectivity index (χ0v) is 17.0. The first-order valence-corrected chi connectivity index (χ1v) is 11.5. The molecule has 0 saturated heterocycles. The summed E-state index contributed by atoms with van der Waals surface area (Å²) in [6, 6.07) is 5.58. The number of carboxylic acid groups (broad SMARTS) is 1. The summed E-state index contributed by atoms with van der Waals surface area (Å²) in [5, 5.41) is 12.5. The van der Waals surface area contributed by atoms with Crippen LogP contribution in [0.5, 0.6) is 0 Å². The Morgan fingerprint density at radius 2 is 2.07 bits per heavy atom. The van der Waals surface area contributed by atoms with Crippen LogP contribution in [0, 0.1) is 34.5 Å². The molecule has 1 spiro atoms. The summed E-state index contributed by atoms with van der Waals surface area (Å²) < 4.78 is 1.83. The maximum absolute atomic E-state index is 13.2. The number of hydrogen-bond donors (Lipinski definition) is 2. The third-order valence-corrected chi connectivity index (χ3v) is 9.44. The molecule has 7 atom stereocenters. The fourth-order valence-corrected chi connectivity index (χ4v) is 8.29. The van der Waals surface area contributed by atoms with Gasteiger partial charge in [-0.2, -0.15) is 0 Å². The lowest BCUT2D eigenvalue weighted by atomic mass is 9.55. The Morgan fingerprint density at radius 3 is 2.90 bits per heavy atom. The van der Waals surface area contributed by atoms with Crippen molar-refractivity contribution in [3.05, 3.63) is 35.8 Å². The van der Waals surface area contributed by atoms with Gasteiger partial charge in [-0.1, -0.05) is 6.07 Å². The van der Waals surface area contributed by atoms with Crippen molar-refractivity contribution < 1.29 is 14.7 Å². The minimum atomic E-state index is -0.761. The van der Waals surface area contributed by atoms with Crippen molar-refractivity contribution in [2.45, 2.75) is 50.9 Å². The summed E-state index contributed by atoms with van der Waals surface area (Å²) in [7, 11) is 0. The Balaban J connectivity index is 1.12. The van der Waals surface area contributed by atoms with E-state index >= 15 is 0 Å². The van der Waals surface area contributed by atoms with Crippen LogP contribution in [0.4, 0.5) is 0 Å². The highest BCUT2D eigenvalue weighted by molar-refractivity contribution is 5.93. The molecule has 2 N–H and O–H groups in total. The van der Waals surface area contributed by atoms with E-state index in [1.807, 2.05) is 28.8 Å². The largest absolute Gasteiger partial charge is 0.481 e. The quantitative estimate of drug-likeness (QED) is 0.798. The number of carbonyl (C=O) groups excluding carboxylic acids is 1. The van der Waals surface area contributed by atoms with E-state index in [4.69, 9.17) is 0 Å². The first kappa shape index (κ1) is 17.3. The molecule has 2 heterocycles. The number of amides is 1. The van der Waals surface area contributed by atoms with Crippen LogP contribution in [0.15, 0.2) is 24.4 Å². The molecule has 5 fully saturated rings. The van der Waals surface area contributed by atoms with Crippen LogP contribution in [0.25, 0.3) is 5.65 Å². The molecule has 0 aliphatic heterocycles. The minimum absolute atomic E-state index is 0.0314. The third-order valence-electron chi connectivity index (χ3n) is 9.44. The van der Waals surface area contributed by atoms with Gasteiger partial charge in [0.25, 0.3) is 5.91 Å². The van der Waals surface area contributed by atoms with Gasteiger partial charge >= 0.3 is 5.97 Å². The number of nitrogens with one attached hydrogen (secondary N) is 1. The molecule has 30 heavy (non-hydrogen) atoms. The van der Waals surface area contributed by atoms with E-state index in [0.717, 1.165) is 30.0 Å². The van der Waals surface area contributed by atoms with E-state index in [2.05, 4.69) is 10.3 Å². The van der Waals surface area contributed by atoms with E-state index in [9.17, 15) is 14.7 Å². The van der Waals surface area contributed by atoms with Crippen molar-refractivity contribution in [3.8, 4) is 0 Å². The van der Waals surface area contributed by atoms with E-state index in [-0.39, 0.29) is 17.7 Å². The predicted molar refractivity (Wildman–Crippen MR) is 109 cm³/mol. The SMILES string of the molecule is O=C(NCC12CC3CC4CC(C1)C4(C3)C2)c1cccc2nc(C3CC3C(=O)O)cn12. The molecule has 3 bridgehead atoms. The Labute approximate surface area is 175 Å². The van der Waals surface area contributed by atoms with Gasteiger partial charge in [-0.25, -0.2) is 4.98 Å². The highest BCUT2D eigenvalue weighted by Gasteiger charge is 2.70. The van der Waals surface area contributed by atoms with Gasteiger partial charge in [0.05, 0.1) is 11.6 Å². The van der Waals surface area contributed by atoms with Crippen molar-refractivity contribution >= 4 is 17.5 Å². The van der Waals surface area contributed by atoms with Crippen molar-refractivity contribution in [2.24, 2.45) is 34.5 Å². The van der Waals surface area contributed by atoms with Crippen LogP contribution in [-0.4, -0.2) is 32.9 Å². The summed E-state index contributed by atoms with van der Waals surface area (Å²) in [6.07, 6.45) is 10.7.